The highest BCUT2D eigenvalue weighted by Crippen LogP contribution is 2.20. The third-order valence-corrected chi connectivity index (χ3v) is 6.79. The molecule has 0 aromatic heterocycles. The average molecular weight is 466 g/mol. The maximum atomic E-state index is 12.7. The molecule has 33 heavy (non-hydrogen) atoms. The van der Waals surface area contributed by atoms with Crippen LogP contribution in [0.5, 0.6) is 0 Å². The highest BCUT2D eigenvalue weighted by atomic mass is 32.2. The van der Waals surface area contributed by atoms with Crippen molar-refractivity contribution in [3.05, 3.63) is 89.0 Å². The molecule has 172 valence electrons. The lowest BCUT2D eigenvalue weighted by Gasteiger charge is -2.18. The molecule has 0 fully saturated rings. The van der Waals surface area contributed by atoms with Crippen molar-refractivity contribution in [2.45, 2.75) is 25.7 Å². The molecule has 0 unspecified atom stereocenters. The molecule has 0 radical (unpaired) electrons. The van der Waals surface area contributed by atoms with Crippen molar-refractivity contribution in [3.63, 3.8) is 0 Å². The third kappa shape index (κ3) is 5.78. The van der Waals surface area contributed by atoms with Gasteiger partial charge in [-0.1, -0.05) is 30.3 Å². The number of benzene rings is 3. The zero-order valence-electron chi connectivity index (χ0n) is 19.0. The smallest absolute Gasteiger partial charge is 0.261 e. The van der Waals surface area contributed by atoms with Gasteiger partial charge in [-0.3, -0.25) is 14.3 Å². The van der Waals surface area contributed by atoms with Gasteiger partial charge >= 0.3 is 0 Å². The van der Waals surface area contributed by atoms with Gasteiger partial charge in [-0.05, 0) is 73.9 Å². The summed E-state index contributed by atoms with van der Waals surface area (Å²) in [7, 11) is -2.28. The highest BCUT2D eigenvalue weighted by molar-refractivity contribution is 7.92. The fourth-order valence-electron chi connectivity index (χ4n) is 3.25. The molecule has 8 heteroatoms. The molecule has 3 aromatic rings. The number of amides is 2. The maximum absolute atomic E-state index is 12.7. The second-order valence-corrected chi connectivity index (χ2v) is 9.58. The summed E-state index contributed by atoms with van der Waals surface area (Å²) in [5, 5.41) is 2.82. The van der Waals surface area contributed by atoms with Gasteiger partial charge in [0.15, 0.2) is 0 Å². The highest BCUT2D eigenvalue weighted by Gasteiger charge is 2.19. The fraction of sp³-hybridized carbons (Fsp3) is 0.200. The van der Waals surface area contributed by atoms with Gasteiger partial charge in [-0.2, -0.15) is 0 Å². The van der Waals surface area contributed by atoms with E-state index in [9.17, 15) is 18.0 Å². The van der Waals surface area contributed by atoms with Gasteiger partial charge in [0.05, 0.1) is 17.1 Å². The molecule has 0 bridgehead atoms. The van der Waals surface area contributed by atoms with Crippen LogP contribution in [0.25, 0.3) is 0 Å². The number of para-hydroxylation sites is 1. The van der Waals surface area contributed by atoms with E-state index in [0.717, 1.165) is 16.7 Å². The van der Waals surface area contributed by atoms with E-state index in [1.807, 2.05) is 51.1 Å². The van der Waals surface area contributed by atoms with Crippen LogP contribution in [0.4, 0.5) is 11.4 Å². The minimum atomic E-state index is -3.80. The number of sulfonamides is 1. The van der Waals surface area contributed by atoms with Crippen molar-refractivity contribution in [1.29, 1.82) is 0 Å². The molecule has 0 atom stereocenters. The van der Waals surface area contributed by atoms with Crippen LogP contribution in [0.15, 0.2) is 71.6 Å². The molecule has 0 aliphatic heterocycles. The standard InChI is InChI=1S/C25H27N3O4S/c1-17-9-7-11-23(19(17)3)26-24(29)16-28(4)25(30)20-12-14-21(15-13-20)33(31,32)27-22-10-6-5-8-18(22)2/h5-15,27H,16H2,1-4H3,(H,26,29). The second kappa shape index (κ2) is 9.87. The fourth-order valence-corrected chi connectivity index (χ4v) is 4.38. The first kappa shape index (κ1) is 24.0. The lowest BCUT2D eigenvalue weighted by molar-refractivity contribution is -0.116. The molecule has 0 heterocycles. The molecule has 0 saturated heterocycles. The van der Waals surface area contributed by atoms with E-state index in [1.54, 1.807) is 12.1 Å². The van der Waals surface area contributed by atoms with Crippen LogP contribution >= 0.6 is 0 Å². The largest absolute Gasteiger partial charge is 0.332 e. The number of nitrogens with zero attached hydrogens (tertiary/aromatic N) is 1. The van der Waals surface area contributed by atoms with Crippen molar-refractivity contribution >= 4 is 33.2 Å². The molecule has 0 aliphatic rings. The Morgan fingerprint density at radius 3 is 2.09 bits per heavy atom. The number of rotatable bonds is 7. The quantitative estimate of drug-likeness (QED) is 0.549. The minimum Gasteiger partial charge on any atom is -0.332 e. The van der Waals surface area contributed by atoms with Gasteiger partial charge in [0.25, 0.3) is 15.9 Å². The van der Waals surface area contributed by atoms with E-state index < -0.39 is 10.0 Å². The lowest BCUT2D eigenvalue weighted by Crippen LogP contribution is -2.35. The Balaban J connectivity index is 1.66. The number of carbonyl (C=O) groups excluding carboxylic acids is 2. The molecular weight excluding hydrogens is 438 g/mol. The first-order chi connectivity index (χ1) is 15.6. The monoisotopic (exact) mass is 465 g/mol. The number of nitrogens with one attached hydrogen (secondary N) is 2. The van der Waals surface area contributed by atoms with E-state index in [2.05, 4.69) is 10.0 Å². The van der Waals surface area contributed by atoms with E-state index in [-0.39, 0.29) is 28.8 Å². The number of hydrogen-bond donors (Lipinski definition) is 2. The molecule has 0 aliphatic carbocycles. The predicted molar refractivity (Wildman–Crippen MR) is 130 cm³/mol. The summed E-state index contributed by atoms with van der Waals surface area (Å²) in [6, 6.07) is 18.3. The SMILES string of the molecule is Cc1ccccc1NS(=O)(=O)c1ccc(C(=O)N(C)CC(=O)Nc2cccc(C)c2C)cc1. The normalized spacial score (nSPS) is 11.0. The number of anilines is 2. The number of aryl methyl sites for hydroxylation is 2. The Hall–Kier alpha value is -3.65. The van der Waals surface area contributed by atoms with E-state index >= 15 is 0 Å². The topological polar surface area (TPSA) is 95.6 Å². The Labute approximate surface area is 194 Å². The molecule has 2 N–H and O–H groups in total. The van der Waals surface area contributed by atoms with Crippen molar-refractivity contribution in [1.82, 2.24) is 4.90 Å². The van der Waals surface area contributed by atoms with Crippen molar-refractivity contribution < 1.29 is 18.0 Å². The molecule has 3 rings (SSSR count). The molecule has 2 amide bonds. The van der Waals surface area contributed by atoms with Crippen LogP contribution < -0.4 is 10.0 Å². The molecular formula is C25H27N3O4S. The zero-order valence-corrected chi connectivity index (χ0v) is 19.9. The van der Waals surface area contributed by atoms with Crippen LogP contribution in [-0.2, 0) is 14.8 Å². The lowest BCUT2D eigenvalue weighted by atomic mass is 10.1. The summed E-state index contributed by atoms with van der Waals surface area (Å²) in [5.74, 6) is -0.705. The summed E-state index contributed by atoms with van der Waals surface area (Å²) in [6.45, 7) is 5.55. The van der Waals surface area contributed by atoms with Gasteiger partial charge in [-0.15, -0.1) is 0 Å². The minimum absolute atomic E-state index is 0.0395. The Morgan fingerprint density at radius 2 is 1.42 bits per heavy atom. The van der Waals surface area contributed by atoms with Crippen LogP contribution in [-0.4, -0.2) is 38.7 Å². The van der Waals surface area contributed by atoms with Gasteiger partial charge in [0, 0.05) is 18.3 Å². The maximum Gasteiger partial charge on any atom is 0.261 e. The zero-order chi connectivity index (χ0) is 24.2. The molecule has 0 spiro atoms. The molecule has 7 nitrogen and oxygen atoms in total. The summed E-state index contributed by atoms with van der Waals surface area (Å²) >= 11 is 0. The van der Waals surface area contributed by atoms with Gasteiger partial charge in [0.2, 0.25) is 5.91 Å². The number of carbonyl (C=O) groups is 2. The van der Waals surface area contributed by atoms with Gasteiger partial charge < -0.3 is 10.2 Å². The van der Waals surface area contributed by atoms with Crippen LogP contribution in [0.2, 0.25) is 0 Å². The summed E-state index contributed by atoms with van der Waals surface area (Å²) in [4.78, 5) is 26.5. The number of likely N-dealkylation sites (N-methyl/N-ethyl adjacent to an activating group) is 1. The Bertz CT molecular complexity index is 1290. The summed E-state index contributed by atoms with van der Waals surface area (Å²) in [6.07, 6.45) is 0. The molecule has 3 aromatic carbocycles. The van der Waals surface area contributed by atoms with Crippen molar-refractivity contribution in [2.75, 3.05) is 23.6 Å². The van der Waals surface area contributed by atoms with E-state index in [0.29, 0.717) is 11.4 Å². The first-order valence-corrected chi connectivity index (χ1v) is 11.9. The average Bonchev–Trinajstić information content (AvgIpc) is 2.78. The van der Waals surface area contributed by atoms with Crippen LogP contribution in [0, 0.1) is 20.8 Å². The van der Waals surface area contributed by atoms with Crippen molar-refractivity contribution in [2.24, 2.45) is 0 Å². The van der Waals surface area contributed by atoms with Gasteiger partial charge in [-0.25, -0.2) is 8.42 Å². The number of hydrogen-bond acceptors (Lipinski definition) is 4. The predicted octanol–water partition coefficient (Wildman–Crippen LogP) is 4.12. The Morgan fingerprint density at radius 1 is 0.818 bits per heavy atom. The third-order valence-electron chi connectivity index (χ3n) is 5.41. The van der Waals surface area contributed by atoms with E-state index in [1.165, 1.54) is 36.2 Å². The van der Waals surface area contributed by atoms with Crippen molar-refractivity contribution in [3.8, 4) is 0 Å². The van der Waals surface area contributed by atoms with Crippen LogP contribution in [0.3, 0.4) is 0 Å². The van der Waals surface area contributed by atoms with E-state index in [4.69, 9.17) is 0 Å². The first-order valence-electron chi connectivity index (χ1n) is 10.4. The Kier molecular flexibility index (Phi) is 7.18. The van der Waals surface area contributed by atoms with Gasteiger partial charge in [0.1, 0.15) is 0 Å². The molecule has 0 saturated carbocycles. The summed E-state index contributed by atoms with van der Waals surface area (Å²) < 4.78 is 27.9. The summed E-state index contributed by atoms with van der Waals surface area (Å²) in [5.41, 5.74) is 4.31. The van der Waals surface area contributed by atoms with Crippen LogP contribution in [0.1, 0.15) is 27.0 Å². The second-order valence-electron chi connectivity index (χ2n) is 7.90.